The van der Waals surface area contributed by atoms with Gasteiger partial charge in [-0.2, -0.15) is 4.98 Å². The molecule has 0 amide bonds. The molecular formula is C22H38N4O8. The lowest BCUT2D eigenvalue weighted by molar-refractivity contribution is 0.00889. The van der Waals surface area contributed by atoms with Crippen LogP contribution in [-0.2, 0) is 28.4 Å². The maximum Gasteiger partial charge on any atom is 0.216 e. The highest BCUT2D eigenvalue weighted by Gasteiger charge is 2.01. The highest BCUT2D eigenvalue weighted by molar-refractivity contribution is 5.19. The fourth-order valence-electron chi connectivity index (χ4n) is 2.35. The second-order valence-corrected chi connectivity index (χ2v) is 6.64. The van der Waals surface area contributed by atoms with Gasteiger partial charge in [0.2, 0.25) is 11.8 Å². The van der Waals surface area contributed by atoms with E-state index in [0.29, 0.717) is 104 Å². The first kappa shape index (κ1) is 29.9. The normalized spacial score (nSPS) is 10.7. The summed E-state index contributed by atoms with van der Waals surface area (Å²) in [5.41, 5.74) is 8.13. The predicted molar refractivity (Wildman–Crippen MR) is 124 cm³/mol. The largest absolute Gasteiger partial charge is 0.475 e. The van der Waals surface area contributed by atoms with Crippen LogP contribution in [0.1, 0.15) is 13.3 Å². The van der Waals surface area contributed by atoms with Gasteiger partial charge in [-0.15, -0.1) is 0 Å². The van der Waals surface area contributed by atoms with Gasteiger partial charge in [0.05, 0.1) is 72.7 Å². The molecule has 12 heteroatoms. The lowest BCUT2D eigenvalue weighted by Crippen LogP contribution is -2.14. The summed E-state index contributed by atoms with van der Waals surface area (Å²) in [5.74, 6) is 0.941. The molecule has 0 unspecified atom stereocenters. The molecule has 0 saturated heterocycles. The number of nitrogens with zero attached hydrogens (tertiary/aromatic N) is 4. The zero-order valence-electron chi connectivity index (χ0n) is 20.1. The number of hydrogen-bond acceptors (Lipinski definition) is 10. The minimum Gasteiger partial charge on any atom is -0.475 e. The molecule has 1 rings (SSSR count). The molecule has 34 heavy (non-hydrogen) atoms. The van der Waals surface area contributed by atoms with Crippen molar-refractivity contribution in [2.75, 3.05) is 99.0 Å². The van der Waals surface area contributed by atoms with Gasteiger partial charge in [0.15, 0.2) is 0 Å². The van der Waals surface area contributed by atoms with E-state index in [1.54, 1.807) is 12.1 Å². The van der Waals surface area contributed by atoms with Gasteiger partial charge in [-0.3, -0.25) is 0 Å². The lowest BCUT2D eigenvalue weighted by Gasteiger charge is -2.10. The summed E-state index contributed by atoms with van der Waals surface area (Å²) in [5, 5.41) is 3.37. The first-order valence-electron chi connectivity index (χ1n) is 11.6. The molecule has 1 aromatic heterocycles. The number of azide groups is 1. The van der Waals surface area contributed by atoms with Gasteiger partial charge in [-0.1, -0.05) is 18.1 Å². The molecule has 0 fully saturated rings. The average molecular weight is 487 g/mol. The summed E-state index contributed by atoms with van der Waals surface area (Å²) in [6, 6.07) is 5.34. The Hall–Kier alpha value is -2.18. The first-order valence-corrected chi connectivity index (χ1v) is 11.6. The van der Waals surface area contributed by atoms with Crippen LogP contribution in [0.3, 0.4) is 0 Å². The van der Waals surface area contributed by atoms with E-state index >= 15 is 0 Å². The molecule has 0 aliphatic carbocycles. The Morgan fingerprint density at radius 2 is 1.06 bits per heavy atom. The SMILES string of the molecule is CCCOCCOCCOCCOc1cccc(OCCOCCOCCOCCN=[N+]=[N-])n1. The summed E-state index contributed by atoms with van der Waals surface area (Å²) in [4.78, 5) is 6.93. The minimum atomic E-state index is 0.323. The number of aromatic nitrogens is 1. The van der Waals surface area contributed by atoms with E-state index in [0.717, 1.165) is 13.0 Å². The van der Waals surface area contributed by atoms with E-state index in [-0.39, 0.29) is 0 Å². The molecule has 0 aliphatic heterocycles. The lowest BCUT2D eigenvalue weighted by atomic mass is 10.5. The van der Waals surface area contributed by atoms with Crippen molar-refractivity contribution in [3.05, 3.63) is 28.6 Å². The van der Waals surface area contributed by atoms with Crippen molar-refractivity contribution in [1.82, 2.24) is 4.98 Å². The molecule has 194 valence electrons. The molecule has 0 radical (unpaired) electrons. The van der Waals surface area contributed by atoms with Gasteiger partial charge < -0.3 is 37.9 Å². The van der Waals surface area contributed by atoms with Crippen LogP contribution in [0.5, 0.6) is 11.8 Å². The van der Waals surface area contributed by atoms with E-state index in [9.17, 15) is 0 Å². The van der Waals surface area contributed by atoms with Crippen molar-refractivity contribution in [2.24, 2.45) is 5.11 Å². The smallest absolute Gasteiger partial charge is 0.216 e. The highest BCUT2D eigenvalue weighted by Crippen LogP contribution is 2.13. The molecule has 0 N–H and O–H groups in total. The Kier molecular flexibility index (Phi) is 21.0. The van der Waals surface area contributed by atoms with E-state index in [2.05, 4.69) is 21.9 Å². The molecule has 0 saturated carbocycles. The van der Waals surface area contributed by atoms with Crippen molar-refractivity contribution in [3.8, 4) is 11.8 Å². The Morgan fingerprint density at radius 1 is 0.647 bits per heavy atom. The Bertz CT molecular complexity index is 635. The summed E-state index contributed by atoms with van der Waals surface area (Å²) in [6.45, 7) is 9.21. The van der Waals surface area contributed by atoms with Crippen LogP contribution in [-0.4, -0.2) is 104 Å². The molecule has 0 bridgehead atoms. The molecule has 12 nitrogen and oxygen atoms in total. The topological polar surface area (TPSA) is 135 Å². The Labute approximate surface area is 201 Å². The van der Waals surface area contributed by atoms with Crippen LogP contribution in [0.4, 0.5) is 0 Å². The third-order valence-corrected chi connectivity index (χ3v) is 3.89. The second-order valence-electron chi connectivity index (χ2n) is 6.64. The molecule has 0 atom stereocenters. The molecule has 0 aliphatic rings. The average Bonchev–Trinajstić information content (AvgIpc) is 2.85. The Balaban J connectivity index is 1.92. The van der Waals surface area contributed by atoms with Crippen LogP contribution in [0.15, 0.2) is 23.3 Å². The Morgan fingerprint density at radius 3 is 1.50 bits per heavy atom. The third-order valence-electron chi connectivity index (χ3n) is 3.89. The van der Waals surface area contributed by atoms with Crippen LogP contribution >= 0.6 is 0 Å². The molecule has 1 aromatic rings. The summed E-state index contributed by atoms with van der Waals surface area (Å²) >= 11 is 0. The van der Waals surface area contributed by atoms with Crippen molar-refractivity contribution < 1.29 is 37.9 Å². The van der Waals surface area contributed by atoms with Crippen LogP contribution in [0.25, 0.3) is 10.4 Å². The maximum atomic E-state index is 8.13. The van der Waals surface area contributed by atoms with E-state index in [1.165, 1.54) is 0 Å². The summed E-state index contributed by atoms with van der Waals surface area (Å²) in [6.07, 6.45) is 1.01. The zero-order valence-corrected chi connectivity index (χ0v) is 20.1. The number of hydrogen-bond donors (Lipinski definition) is 0. The number of ether oxygens (including phenoxy) is 8. The van der Waals surface area contributed by atoms with Crippen molar-refractivity contribution in [1.29, 1.82) is 0 Å². The second kappa shape index (κ2) is 24.0. The fourth-order valence-corrected chi connectivity index (χ4v) is 2.35. The number of pyridine rings is 1. The molecule has 1 heterocycles. The third kappa shape index (κ3) is 19.3. The monoisotopic (exact) mass is 486 g/mol. The quantitative estimate of drug-likeness (QED) is 0.0884. The van der Waals surface area contributed by atoms with Gasteiger partial charge in [-0.05, 0) is 12.0 Å². The standard InChI is InChI=1S/C22H38N4O8/c1-2-7-27-9-11-29-13-15-31-17-19-33-21-4-3-5-22(25-21)34-20-18-32-16-14-30-12-10-28-8-6-24-26-23/h3-5H,2,6-20H2,1H3. The molecule has 0 spiro atoms. The van der Waals surface area contributed by atoms with Crippen molar-refractivity contribution in [3.63, 3.8) is 0 Å². The minimum absolute atomic E-state index is 0.323. The van der Waals surface area contributed by atoms with Crippen LogP contribution in [0, 0.1) is 0 Å². The van der Waals surface area contributed by atoms with Gasteiger partial charge in [0.1, 0.15) is 13.2 Å². The summed E-state index contributed by atoms with van der Waals surface area (Å²) in [7, 11) is 0. The highest BCUT2D eigenvalue weighted by atomic mass is 16.6. The zero-order chi connectivity index (χ0) is 24.4. The van der Waals surface area contributed by atoms with Crippen LogP contribution < -0.4 is 9.47 Å². The molecule has 0 aromatic carbocycles. The van der Waals surface area contributed by atoms with Gasteiger partial charge in [0.25, 0.3) is 0 Å². The number of rotatable bonds is 25. The van der Waals surface area contributed by atoms with Crippen molar-refractivity contribution >= 4 is 0 Å². The summed E-state index contributed by atoms with van der Waals surface area (Å²) < 4.78 is 43.4. The molecular weight excluding hydrogens is 448 g/mol. The fraction of sp³-hybridized carbons (Fsp3) is 0.773. The van der Waals surface area contributed by atoms with Crippen LogP contribution in [0.2, 0.25) is 0 Å². The van der Waals surface area contributed by atoms with Gasteiger partial charge in [-0.25, -0.2) is 0 Å². The van der Waals surface area contributed by atoms with E-state index in [1.807, 2.05) is 6.07 Å². The van der Waals surface area contributed by atoms with E-state index in [4.69, 9.17) is 43.4 Å². The van der Waals surface area contributed by atoms with E-state index < -0.39 is 0 Å². The first-order chi connectivity index (χ1) is 16.9. The van der Waals surface area contributed by atoms with Crippen molar-refractivity contribution in [2.45, 2.75) is 13.3 Å². The van der Waals surface area contributed by atoms with Gasteiger partial charge >= 0.3 is 0 Å². The predicted octanol–water partition coefficient (Wildman–Crippen LogP) is 2.66. The van der Waals surface area contributed by atoms with Gasteiger partial charge in [0, 0.05) is 30.2 Å². The maximum absolute atomic E-state index is 8.13.